The molecule has 1 amide bonds. The summed E-state index contributed by atoms with van der Waals surface area (Å²) in [4.78, 5) is 23.8. The number of carbonyl (C=O) groups is 2. The monoisotopic (exact) mass is 384 g/mol. The van der Waals surface area contributed by atoms with E-state index in [-0.39, 0.29) is 16.9 Å². The summed E-state index contributed by atoms with van der Waals surface area (Å²) in [5, 5.41) is 2.24. The van der Waals surface area contributed by atoms with E-state index >= 15 is 0 Å². The second-order valence-electron chi connectivity index (χ2n) is 5.17. The van der Waals surface area contributed by atoms with E-state index < -0.39 is 40.1 Å². The Kier molecular flexibility index (Phi) is 5.88. The molecule has 0 unspecified atom stereocenters. The highest BCUT2D eigenvalue weighted by Crippen LogP contribution is 2.17. The number of para-hydroxylation sites is 1. The molecule has 0 aliphatic heterocycles. The first-order chi connectivity index (χ1) is 12.2. The first-order valence-corrected chi connectivity index (χ1v) is 9.04. The Morgan fingerprint density at radius 2 is 1.77 bits per heavy atom. The van der Waals surface area contributed by atoms with Gasteiger partial charge in [-0.25, -0.2) is 22.0 Å². The standard InChI is InChI=1S/C16H14F2N2O5S/c1-26(23,24)20-14-5-3-2-4-11(14)16(22)25-9-15(21)19-10-6-7-12(17)13(18)8-10/h2-8,20H,9H2,1H3,(H,19,21). The van der Waals surface area contributed by atoms with Gasteiger partial charge < -0.3 is 10.1 Å². The molecule has 0 heterocycles. The number of amides is 1. The molecule has 2 rings (SSSR count). The Bertz CT molecular complexity index is 947. The van der Waals surface area contributed by atoms with Crippen LogP contribution in [0.5, 0.6) is 0 Å². The molecule has 2 N–H and O–H groups in total. The van der Waals surface area contributed by atoms with Crippen molar-refractivity contribution in [3.63, 3.8) is 0 Å². The molecule has 2 aromatic rings. The number of halogens is 2. The van der Waals surface area contributed by atoms with E-state index in [1.807, 2.05) is 0 Å². The quantitative estimate of drug-likeness (QED) is 0.743. The summed E-state index contributed by atoms with van der Waals surface area (Å²) >= 11 is 0. The van der Waals surface area contributed by atoms with Gasteiger partial charge in [-0.15, -0.1) is 0 Å². The normalized spacial score (nSPS) is 10.9. The van der Waals surface area contributed by atoms with Gasteiger partial charge in [-0.05, 0) is 24.3 Å². The van der Waals surface area contributed by atoms with Crippen LogP contribution in [0.15, 0.2) is 42.5 Å². The molecule has 0 radical (unpaired) electrons. The molecule has 0 aromatic heterocycles. The van der Waals surface area contributed by atoms with Crippen molar-refractivity contribution in [1.29, 1.82) is 0 Å². The lowest BCUT2D eigenvalue weighted by Crippen LogP contribution is -2.22. The summed E-state index contributed by atoms with van der Waals surface area (Å²) in [7, 11) is -3.62. The summed E-state index contributed by atoms with van der Waals surface area (Å²) in [6.07, 6.45) is 0.921. The molecule has 0 fully saturated rings. The topological polar surface area (TPSA) is 102 Å². The Labute approximate surface area is 148 Å². The molecular weight excluding hydrogens is 370 g/mol. The average Bonchev–Trinajstić information content (AvgIpc) is 2.55. The fraction of sp³-hybridized carbons (Fsp3) is 0.125. The fourth-order valence-electron chi connectivity index (χ4n) is 1.93. The van der Waals surface area contributed by atoms with E-state index in [1.54, 1.807) is 0 Å². The first-order valence-electron chi connectivity index (χ1n) is 7.14. The lowest BCUT2D eigenvalue weighted by Gasteiger charge is -2.10. The lowest BCUT2D eigenvalue weighted by molar-refractivity contribution is -0.119. The molecule has 138 valence electrons. The number of hydrogen-bond acceptors (Lipinski definition) is 5. The van der Waals surface area contributed by atoms with E-state index in [4.69, 9.17) is 4.74 Å². The summed E-state index contributed by atoms with van der Waals surface area (Å²) in [5.74, 6) is -3.92. The zero-order chi connectivity index (χ0) is 19.3. The van der Waals surface area contributed by atoms with Crippen molar-refractivity contribution in [3.8, 4) is 0 Å². The number of nitrogens with one attached hydrogen (secondary N) is 2. The zero-order valence-electron chi connectivity index (χ0n) is 13.5. The first kappa shape index (κ1) is 19.3. The second kappa shape index (κ2) is 7.91. The number of hydrogen-bond donors (Lipinski definition) is 2. The fourth-order valence-corrected chi connectivity index (χ4v) is 2.51. The van der Waals surface area contributed by atoms with Gasteiger partial charge >= 0.3 is 5.97 Å². The van der Waals surface area contributed by atoms with Crippen LogP contribution in [-0.2, 0) is 19.6 Å². The SMILES string of the molecule is CS(=O)(=O)Nc1ccccc1C(=O)OCC(=O)Nc1ccc(F)c(F)c1. The van der Waals surface area contributed by atoms with Gasteiger partial charge in [0.1, 0.15) is 0 Å². The van der Waals surface area contributed by atoms with E-state index in [2.05, 4.69) is 10.0 Å². The molecular formula is C16H14F2N2O5S. The van der Waals surface area contributed by atoms with Gasteiger partial charge in [0, 0.05) is 11.8 Å². The largest absolute Gasteiger partial charge is 0.452 e. The van der Waals surface area contributed by atoms with Crippen molar-refractivity contribution in [2.75, 3.05) is 22.9 Å². The van der Waals surface area contributed by atoms with Gasteiger partial charge in [0.2, 0.25) is 10.0 Å². The predicted octanol–water partition coefficient (Wildman–Crippen LogP) is 2.13. The minimum absolute atomic E-state index is 0.000939. The second-order valence-corrected chi connectivity index (χ2v) is 6.92. The van der Waals surface area contributed by atoms with Crippen LogP contribution in [0.4, 0.5) is 20.2 Å². The molecule has 0 spiro atoms. The smallest absolute Gasteiger partial charge is 0.340 e. The third-order valence-corrected chi connectivity index (χ3v) is 3.57. The van der Waals surface area contributed by atoms with Crippen molar-refractivity contribution < 1.29 is 31.5 Å². The number of esters is 1. The van der Waals surface area contributed by atoms with E-state index in [9.17, 15) is 26.8 Å². The summed E-state index contributed by atoms with van der Waals surface area (Å²) < 4.78 is 55.5. The van der Waals surface area contributed by atoms with Crippen LogP contribution in [0.25, 0.3) is 0 Å². The third kappa shape index (κ3) is 5.52. The van der Waals surface area contributed by atoms with Crippen LogP contribution >= 0.6 is 0 Å². The number of rotatable bonds is 6. The van der Waals surface area contributed by atoms with Crippen LogP contribution in [-0.4, -0.2) is 33.2 Å². The van der Waals surface area contributed by atoms with Crippen molar-refractivity contribution in [1.82, 2.24) is 0 Å². The van der Waals surface area contributed by atoms with E-state index in [1.165, 1.54) is 24.3 Å². The number of ether oxygens (including phenoxy) is 1. The highest BCUT2D eigenvalue weighted by atomic mass is 32.2. The Hall–Kier alpha value is -3.01. The van der Waals surface area contributed by atoms with Gasteiger partial charge in [0.05, 0.1) is 17.5 Å². The van der Waals surface area contributed by atoms with Gasteiger partial charge in [0.25, 0.3) is 5.91 Å². The van der Waals surface area contributed by atoms with E-state index in [0.29, 0.717) is 0 Å². The van der Waals surface area contributed by atoms with Crippen LogP contribution in [0.2, 0.25) is 0 Å². The van der Waals surface area contributed by atoms with Crippen LogP contribution in [0.1, 0.15) is 10.4 Å². The highest BCUT2D eigenvalue weighted by Gasteiger charge is 2.16. The Morgan fingerprint density at radius 3 is 2.42 bits per heavy atom. The van der Waals surface area contributed by atoms with Crippen LogP contribution < -0.4 is 10.0 Å². The molecule has 0 bridgehead atoms. The number of anilines is 2. The van der Waals surface area contributed by atoms with Crippen molar-refractivity contribution >= 4 is 33.3 Å². The number of benzene rings is 2. The maximum Gasteiger partial charge on any atom is 0.340 e. The molecule has 0 aliphatic carbocycles. The number of carbonyl (C=O) groups excluding carboxylic acids is 2. The minimum Gasteiger partial charge on any atom is -0.452 e. The molecule has 0 saturated heterocycles. The third-order valence-electron chi connectivity index (χ3n) is 2.98. The molecule has 0 atom stereocenters. The van der Waals surface area contributed by atoms with Crippen LogP contribution in [0.3, 0.4) is 0 Å². The summed E-state index contributed by atoms with van der Waals surface area (Å²) in [6.45, 7) is -0.703. The minimum atomic E-state index is -3.62. The Morgan fingerprint density at radius 1 is 1.08 bits per heavy atom. The molecule has 10 heteroatoms. The molecule has 2 aromatic carbocycles. The summed E-state index contributed by atoms with van der Waals surface area (Å²) in [5.41, 5.74) is -0.0938. The van der Waals surface area contributed by atoms with Crippen LogP contribution in [0, 0.1) is 11.6 Å². The zero-order valence-corrected chi connectivity index (χ0v) is 14.3. The predicted molar refractivity (Wildman–Crippen MR) is 90.2 cm³/mol. The molecule has 0 aliphatic rings. The highest BCUT2D eigenvalue weighted by molar-refractivity contribution is 7.92. The van der Waals surface area contributed by atoms with Gasteiger partial charge in [-0.1, -0.05) is 12.1 Å². The maximum atomic E-state index is 13.1. The Balaban J connectivity index is 2.00. The van der Waals surface area contributed by atoms with Gasteiger partial charge in [0.15, 0.2) is 18.2 Å². The molecule has 0 saturated carbocycles. The van der Waals surface area contributed by atoms with Gasteiger partial charge in [-0.3, -0.25) is 9.52 Å². The number of sulfonamides is 1. The van der Waals surface area contributed by atoms with Crippen molar-refractivity contribution in [2.45, 2.75) is 0 Å². The average molecular weight is 384 g/mol. The maximum absolute atomic E-state index is 13.1. The molecule has 26 heavy (non-hydrogen) atoms. The van der Waals surface area contributed by atoms with Crippen molar-refractivity contribution in [3.05, 3.63) is 59.7 Å². The summed E-state index contributed by atoms with van der Waals surface area (Å²) in [6, 6.07) is 8.45. The van der Waals surface area contributed by atoms with E-state index in [0.717, 1.165) is 24.5 Å². The van der Waals surface area contributed by atoms with Gasteiger partial charge in [-0.2, -0.15) is 0 Å². The molecule has 7 nitrogen and oxygen atoms in total. The lowest BCUT2D eigenvalue weighted by atomic mass is 10.2. The van der Waals surface area contributed by atoms with Crippen molar-refractivity contribution in [2.24, 2.45) is 0 Å².